The van der Waals surface area contributed by atoms with Crippen molar-refractivity contribution in [3.8, 4) is 55.8 Å². The average Bonchev–Trinajstić information content (AvgIpc) is 3.94. The van der Waals surface area contributed by atoms with E-state index in [1.54, 1.807) is 0 Å². The van der Waals surface area contributed by atoms with Crippen molar-refractivity contribution in [2.45, 2.75) is 19.3 Å². The summed E-state index contributed by atoms with van der Waals surface area (Å²) >= 11 is 0. The zero-order valence-corrected chi connectivity index (χ0v) is 32.6. The fourth-order valence-corrected chi connectivity index (χ4v) is 10.6. The lowest BCUT2D eigenvalue weighted by Gasteiger charge is -2.21. The molecule has 0 radical (unpaired) electrons. The molecule has 0 N–H and O–H groups in total. The lowest BCUT2D eigenvalue weighted by atomic mass is 9.81. The van der Waals surface area contributed by atoms with Crippen LogP contribution in [0.1, 0.15) is 25.0 Å². The van der Waals surface area contributed by atoms with Crippen molar-refractivity contribution >= 4 is 65.2 Å². The van der Waals surface area contributed by atoms with Crippen molar-refractivity contribution in [3.63, 3.8) is 0 Å². The number of fused-ring (bicyclic) bond motifs is 8. The molecular formula is C57H36O2. The van der Waals surface area contributed by atoms with Crippen molar-refractivity contribution in [1.82, 2.24) is 0 Å². The maximum absolute atomic E-state index is 6.89. The highest BCUT2D eigenvalue weighted by atomic mass is 16.3. The molecule has 0 atom stereocenters. The molecule has 59 heavy (non-hydrogen) atoms. The fourth-order valence-electron chi connectivity index (χ4n) is 10.6. The van der Waals surface area contributed by atoms with Gasteiger partial charge in [-0.1, -0.05) is 178 Å². The van der Waals surface area contributed by atoms with Gasteiger partial charge in [0.1, 0.15) is 22.5 Å². The first-order valence-corrected chi connectivity index (χ1v) is 20.5. The maximum Gasteiger partial charge on any atom is 0.143 e. The Labute approximate surface area is 340 Å². The minimum atomic E-state index is -0.163. The summed E-state index contributed by atoms with van der Waals surface area (Å²) in [5.74, 6) is 0.899. The summed E-state index contributed by atoms with van der Waals surface area (Å²) in [6.45, 7) is 4.66. The van der Waals surface area contributed by atoms with E-state index < -0.39 is 0 Å². The van der Waals surface area contributed by atoms with Gasteiger partial charge in [0.05, 0.1) is 0 Å². The summed E-state index contributed by atoms with van der Waals surface area (Å²) in [5.41, 5.74) is 16.0. The second-order valence-electron chi connectivity index (χ2n) is 16.7. The molecule has 1 aliphatic carbocycles. The first-order valence-electron chi connectivity index (χ1n) is 20.5. The predicted octanol–water partition coefficient (Wildman–Crippen LogP) is 16.2. The summed E-state index contributed by atoms with van der Waals surface area (Å²) in [4.78, 5) is 0. The zero-order chi connectivity index (χ0) is 39.0. The van der Waals surface area contributed by atoms with Gasteiger partial charge in [0.25, 0.3) is 0 Å². The number of hydrogen-bond acceptors (Lipinski definition) is 2. The van der Waals surface area contributed by atoms with Gasteiger partial charge in [-0.3, -0.25) is 0 Å². The van der Waals surface area contributed by atoms with Gasteiger partial charge in [0.2, 0.25) is 0 Å². The van der Waals surface area contributed by atoms with Crippen LogP contribution in [0.3, 0.4) is 0 Å². The lowest BCUT2D eigenvalue weighted by Crippen LogP contribution is -2.15. The van der Waals surface area contributed by atoms with Crippen LogP contribution >= 0.6 is 0 Å². The van der Waals surface area contributed by atoms with Gasteiger partial charge in [-0.2, -0.15) is 0 Å². The molecular weight excluding hydrogens is 717 g/mol. The Morgan fingerprint density at radius 3 is 1.78 bits per heavy atom. The molecule has 0 fully saturated rings. The molecule has 0 unspecified atom stereocenters. The molecule has 0 saturated carbocycles. The molecule has 2 heterocycles. The molecule has 12 aromatic rings. The summed E-state index contributed by atoms with van der Waals surface area (Å²) < 4.78 is 13.4. The Hall–Kier alpha value is -7.42. The first-order chi connectivity index (χ1) is 29.0. The minimum absolute atomic E-state index is 0.163. The van der Waals surface area contributed by atoms with E-state index in [-0.39, 0.29) is 5.41 Å². The van der Waals surface area contributed by atoms with E-state index in [0.29, 0.717) is 0 Å². The van der Waals surface area contributed by atoms with Crippen LogP contribution < -0.4 is 0 Å². The van der Waals surface area contributed by atoms with Crippen LogP contribution in [0.25, 0.3) is 121 Å². The molecule has 2 aromatic heterocycles. The van der Waals surface area contributed by atoms with Crippen molar-refractivity contribution in [3.05, 3.63) is 193 Å². The van der Waals surface area contributed by atoms with Gasteiger partial charge in [-0.05, 0) is 95.0 Å². The summed E-state index contributed by atoms with van der Waals surface area (Å²) in [6, 6.07) is 66.2. The smallest absolute Gasteiger partial charge is 0.143 e. The van der Waals surface area contributed by atoms with Crippen LogP contribution in [0.4, 0.5) is 0 Å². The van der Waals surface area contributed by atoms with E-state index in [1.807, 2.05) is 12.1 Å². The molecule has 0 amide bonds. The second-order valence-corrected chi connectivity index (χ2v) is 16.7. The van der Waals surface area contributed by atoms with Crippen LogP contribution in [0, 0.1) is 0 Å². The van der Waals surface area contributed by atoms with Crippen molar-refractivity contribution in [2.24, 2.45) is 0 Å². The van der Waals surface area contributed by atoms with Gasteiger partial charge in [0, 0.05) is 38.3 Å². The van der Waals surface area contributed by atoms with E-state index in [9.17, 15) is 0 Å². The Morgan fingerprint density at radius 1 is 0.356 bits per heavy atom. The van der Waals surface area contributed by atoms with Crippen molar-refractivity contribution in [2.75, 3.05) is 0 Å². The number of furan rings is 2. The highest BCUT2D eigenvalue weighted by Gasteiger charge is 2.38. The Kier molecular flexibility index (Phi) is 6.54. The number of para-hydroxylation sites is 1. The molecule has 0 bridgehead atoms. The normalized spacial score (nSPS) is 13.4. The minimum Gasteiger partial charge on any atom is -0.456 e. The standard InChI is InChI=1S/C57H36O2/c1-57(2)47-16-8-6-13-40(47)44-31-32-46-53-41(15-10-18-49(53)59-56(46)54(44)57)39-28-24-35-25-29-42-38(27-23-34-26-30-43(39)51(35)50(34)42)33-19-21-36(22-20-33)52-45-14-7-9-17-48(45)58-55(52)37-11-4-3-5-12-37/h3-32H,1-2H3. The Bertz CT molecular complexity index is 3670. The SMILES string of the molecule is CC1(C)c2ccccc2-c2ccc3c(oc4cccc(-c5ccc6ccc7c(-c8ccc(-c9c(-c%10ccccc%10)oc%10ccccc9%10)cc8)ccc8ccc5c6c87)c43)c21. The van der Waals surface area contributed by atoms with Crippen molar-refractivity contribution < 1.29 is 8.83 Å². The third kappa shape index (κ3) is 4.46. The third-order valence-corrected chi connectivity index (χ3v) is 13.3. The van der Waals surface area contributed by atoms with E-state index >= 15 is 0 Å². The molecule has 2 heteroatoms. The summed E-state index contributed by atoms with van der Waals surface area (Å²) in [6.07, 6.45) is 0. The zero-order valence-electron chi connectivity index (χ0n) is 32.6. The van der Waals surface area contributed by atoms with Gasteiger partial charge < -0.3 is 8.83 Å². The van der Waals surface area contributed by atoms with Crippen molar-refractivity contribution in [1.29, 1.82) is 0 Å². The maximum atomic E-state index is 6.89. The highest BCUT2D eigenvalue weighted by Crippen LogP contribution is 2.54. The topological polar surface area (TPSA) is 26.3 Å². The van der Waals surface area contributed by atoms with Gasteiger partial charge in [0.15, 0.2) is 0 Å². The van der Waals surface area contributed by atoms with E-state index in [4.69, 9.17) is 8.83 Å². The monoisotopic (exact) mass is 752 g/mol. The molecule has 0 aliphatic heterocycles. The number of benzene rings is 10. The highest BCUT2D eigenvalue weighted by molar-refractivity contribution is 6.29. The molecule has 0 saturated heterocycles. The number of rotatable bonds is 4. The predicted molar refractivity (Wildman–Crippen MR) is 247 cm³/mol. The van der Waals surface area contributed by atoms with E-state index in [0.717, 1.165) is 44.6 Å². The van der Waals surface area contributed by atoms with Crippen LogP contribution in [0.2, 0.25) is 0 Å². The van der Waals surface area contributed by atoms with Crippen LogP contribution in [0.5, 0.6) is 0 Å². The second kappa shape index (κ2) is 11.8. The molecule has 1 aliphatic rings. The van der Waals surface area contributed by atoms with Gasteiger partial charge in [-0.15, -0.1) is 0 Å². The number of hydrogen-bond donors (Lipinski definition) is 0. The Balaban J connectivity index is 0.973. The molecule has 276 valence electrons. The van der Waals surface area contributed by atoms with Crippen LogP contribution in [0.15, 0.2) is 191 Å². The average molecular weight is 753 g/mol. The summed E-state index contributed by atoms with van der Waals surface area (Å²) in [7, 11) is 0. The van der Waals surface area contributed by atoms with Gasteiger partial charge in [-0.25, -0.2) is 0 Å². The Morgan fingerprint density at radius 2 is 0.966 bits per heavy atom. The molecule has 0 spiro atoms. The summed E-state index contributed by atoms with van der Waals surface area (Å²) in [5, 5.41) is 11.1. The fraction of sp³-hybridized carbons (Fsp3) is 0.0526. The lowest BCUT2D eigenvalue weighted by molar-refractivity contribution is 0.620. The van der Waals surface area contributed by atoms with Crippen LogP contribution in [-0.4, -0.2) is 0 Å². The van der Waals surface area contributed by atoms with Crippen LogP contribution in [-0.2, 0) is 5.41 Å². The largest absolute Gasteiger partial charge is 0.456 e. The van der Waals surface area contributed by atoms with Gasteiger partial charge >= 0.3 is 0 Å². The van der Waals surface area contributed by atoms with E-state index in [2.05, 4.69) is 184 Å². The quantitative estimate of drug-likeness (QED) is 0.167. The first kappa shape index (κ1) is 32.6. The molecule has 10 aromatic carbocycles. The molecule has 13 rings (SSSR count). The van der Waals surface area contributed by atoms with E-state index in [1.165, 1.54) is 87.6 Å². The molecule has 2 nitrogen and oxygen atoms in total. The third-order valence-electron chi connectivity index (χ3n) is 13.3.